The van der Waals surface area contributed by atoms with Crippen molar-refractivity contribution in [3.63, 3.8) is 0 Å². The summed E-state index contributed by atoms with van der Waals surface area (Å²) in [6, 6.07) is 8.76. The van der Waals surface area contributed by atoms with Crippen LogP contribution in [0.15, 0.2) is 30.3 Å². The molecule has 1 aromatic rings. The highest BCUT2D eigenvalue weighted by Crippen LogP contribution is 2.32. The predicted octanol–water partition coefficient (Wildman–Crippen LogP) is 2.85. The SMILES string of the molecule is O=CN(C[C@@H](CC1CCCC1)C(=O)N1CCCC1C(=O)O)OCc1ccccc1. The molecule has 1 unspecified atom stereocenters. The molecule has 1 aliphatic carbocycles. The van der Waals surface area contributed by atoms with E-state index >= 15 is 0 Å². The van der Waals surface area contributed by atoms with Crippen LogP contribution in [0.2, 0.25) is 0 Å². The summed E-state index contributed by atoms with van der Waals surface area (Å²) in [6.07, 6.45) is 6.94. The molecule has 2 amide bonds. The van der Waals surface area contributed by atoms with Gasteiger partial charge in [-0.15, -0.1) is 0 Å². The first-order chi connectivity index (χ1) is 14.1. The molecule has 0 radical (unpaired) electrons. The van der Waals surface area contributed by atoms with E-state index in [-0.39, 0.29) is 19.1 Å². The van der Waals surface area contributed by atoms with Gasteiger partial charge in [0.15, 0.2) is 0 Å². The van der Waals surface area contributed by atoms with Crippen molar-refractivity contribution in [1.82, 2.24) is 9.96 Å². The van der Waals surface area contributed by atoms with Crippen molar-refractivity contribution in [3.8, 4) is 0 Å². The molecular weight excluding hydrogens is 372 g/mol. The molecule has 0 aromatic heterocycles. The molecule has 1 saturated heterocycles. The number of aliphatic carboxylic acids is 1. The van der Waals surface area contributed by atoms with Gasteiger partial charge in [0.1, 0.15) is 12.6 Å². The summed E-state index contributed by atoms with van der Waals surface area (Å²) in [5.74, 6) is -1.13. The number of likely N-dealkylation sites (tertiary alicyclic amines) is 1. The molecule has 1 heterocycles. The lowest BCUT2D eigenvalue weighted by molar-refractivity contribution is -0.184. The topological polar surface area (TPSA) is 87.2 Å². The fourth-order valence-corrected chi connectivity index (χ4v) is 4.50. The van der Waals surface area contributed by atoms with Crippen molar-refractivity contribution in [2.75, 3.05) is 13.1 Å². The van der Waals surface area contributed by atoms with Gasteiger partial charge in [-0.25, -0.2) is 9.86 Å². The van der Waals surface area contributed by atoms with Crippen molar-refractivity contribution in [1.29, 1.82) is 0 Å². The lowest BCUT2D eigenvalue weighted by atomic mass is 9.91. The van der Waals surface area contributed by atoms with Gasteiger partial charge in [-0.3, -0.25) is 14.4 Å². The highest BCUT2D eigenvalue weighted by atomic mass is 16.7. The van der Waals surface area contributed by atoms with E-state index < -0.39 is 17.9 Å². The first kappa shape index (κ1) is 21.3. The highest BCUT2D eigenvalue weighted by molar-refractivity contribution is 5.86. The molecule has 29 heavy (non-hydrogen) atoms. The summed E-state index contributed by atoms with van der Waals surface area (Å²) in [7, 11) is 0. The molecule has 1 aromatic carbocycles. The van der Waals surface area contributed by atoms with E-state index in [0.717, 1.165) is 31.2 Å². The van der Waals surface area contributed by atoms with Gasteiger partial charge >= 0.3 is 5.97 Å². The van der Waals surface area contributed by atoms with Gasteiger partial charge in [-0.1, -0.05) is 56.0 Å². The maximum absolute atomic E-state index is 13.2. The minimum Gasteiger partial charge on any atom is -0.480 e. The van der Waals surface area contributed by atoms with Crippen LogP contribution in [-0.2, 0) is 25.8 Å². The normalized spacial score (nSPS) is 20.6. The Bertz CT molecular complexity index is 690. The molecule has 0 spiro atoms. The Hall–Kier alpha value is -2.41. The van der Waals surface area contributed by atoms with E-state index in [4.69, 9.17) is 4.84 Å². The lowest BCUT2D eigenvalue weighted by Crippen LogP contribution is -2.46. The number of carboxylic acid groups (broad SMARTS) is 1. The first-order valence-electron chi connectivity index (χ1n) is 10.5. The van der Waals surface area contributed by atoms with Gasteiger partial charge in [-0.2, -0.15) is 0 Å². The third kappa shape index (κ3) is 5.79. The number of carbonyl (C=O) groups excluding carboxylic acids is 2. The molecule has 2 aliphatic rings. The molecule has 0 bridgehead atoms. The zero-order valence-corrected chi connectivity index (χ0v) is 16.7. The molecule has 3 rings (SSSR count). The molecule has 1 aliphatic heterocycles. The van der Waals surface area contributed by atoms with E-state index in [1.165, 1.54) is 9.96 Å². The van der Waals surface area contributed by atoms with Crippen LogP contribution in [-0.4, -0.2) is 52.5 Å². The van der Waals surface area contributed by atoms with Crippen LogP contribution in [0.5, 0.6) is 0 Å². The number of hydroxylamine groups is 2. The molecule has 7 nitrogen and oxygen atoms in total. The number of hydrogen-bond donors (Lipinski definition) is 1. The van der Waals surface area contributed by atoms with Gasteiger partial charge < -0.3 is 10.0 Å². The summed E-state index contributed by atoms with van der Waals surface area (Å²) < 4.78 is 0. The number of carboxylic acids is 1. The summed E-state index contributed by atoms with van der Waals surface area (Å²) in [4.78, 5) is 43.5. The third-order valence-electron chi connectivity index (χ3n) is 6.02. The number of nitrogens with zero attached hydrogens (tertiary/aromatic N) is 2. The smallest absolute Gasteiger partial charge is 0.326 e. The van der Waals surface area contributed by atoms with Crippen LogP contribution in [0.3, 0.4) is 0 Å². The monoisotopic (exact) mass is 402 g/mol. The molecule has 2 atom stereocenters. The number of rotatable bonds is 10. The second-order valence-corrected chi connectivity index (χ2v) is 8.08. The fourth-order valence-electron chi connectivity index (χ4n) is 4.50. The van der Waals surface area contributed by atoms with E-state index in [1.807, 2.05) is 30.3 Å². The molecule has 2 fully saturated rings. The molecule has 7 heteroatoms. The Morgan fingerprint density at radius 2 is 1.90 bits per heavy atom. The van der Waals surface area contributed by atoms with Crippen molar-refractivity contribution >= 4 is 18.3 Å². The molecule has 1 N–H and O–H groups in total. The Morgan fingerprint density at radius 1 is 1.17 bits per heavy atom. The molecular formula is C22H30N2O5. The lowest BCUT2D eigenvalue weighted by Gasteiger charge is -2.30. The van der Waals surface area contributed by atoms with Crippen molar-refractivity contribution < 1.29 is 24.3 Å². The Labute approximate surface area is 171 Å². The standard InChI is InChI=1S/C22H30N2O5/c25-16-23(29-15-18-9-2-1-3-10-18)14-19(13-17-7-4-5-8-17)21(26)24-12-6-11-20(24)22(27)28/h1-3,9-10,16-17,19-20H,4-8,11-15H2,(H,27,28)/t19-,20?/m1/s1. The molecule has 158 valence electrons. The number of benzene rings is 1. The average Bonchev–Trinajstić information content (AvgIpc) is 3.42. The van der Waals surface area contributed by atoms with Crippen LogP contribution >= 0.6 is 0 Å². The van der Waals surface area contributed by atoms with Crippen molar-refractivity contribution in [2.45, 2.75) is 57.6 Å². The number of hydrogen-bond acceptors (Lipinski definition) is 4. The van der Waals surface area contributed by atoms with E-state index in [1.54, 1.807) is 0 Å². The van der Waals surface area contributed by atoms with Crippen molar-refractivity contribution in [2.24, 2.45) is 11.8 Å². The zero-order chi connectivity index (χ0) is 20.6. The number of amides is 2. The van der Waals surface area contributed by atoms with E-state index in [9.17, 15) is 19.5 Å². The minimum atomic E-state index is -0.956. The summed E-state index contributed by atoms with van der Waals surface area (Å²) in [5, 5.41) is 10.6. The largest absolute Gasteiger partial charge is 0.480 e. The van der Waals surface area contributed by atoms with Crippen LogP contribution in [0.25, 0.3) is 0 Å². The second kappa shape index (κ2) is 10.4. The quantitative estimate of drug-likeness (QED) is 0.480. The highest BCUT2D eigenvalue weighted by Gasteiger charge is 2.38. The Morgan fingerprint density at radius 3 is 2.55 bits per heavy atom. The summed E-state index contributed by atoms with van der Waals surface area (Å²) in [5.41, 5.74) is 0.934. The fraction of sp³-hybridized carbons (Fsp3) is 0.591. The Balaban J connectivity index is 1.67. The van der Waals surface area contributed by atoms with Gasteiger partial charge in [0, 0.05) is 6.54 Å². The second-order valence-electron chi connectivity index (χ2n) is 8.08. The summed E-state index contributed by atoms with van der Waals surface area (Å²) in [6.45, 7) is 0.850. The zero-order valence-electron chi connectivity index (χ0n) is 16.7. The van der Waals surface area contributed by atoms with Crippen LogP contribution in [0.4, 0.5) is 0 Å². The average molecular weight is 402 g/mol. The first-order valence-corrected chi connectivity index (χ1v) is 10.5. The Kier molecular flexibility index (Phi) is 7.63. The summed E-state index contributed by atoms with van der Waals surface area (Å²) >= 11 is 0. The molecule has 1 saturated carbocycles. The van der Waals surface area contributed by atoms with Crippen LogP contribution in [0, 0.1) is 11.8 Å². The van der Waals surface area contributed by atoms with E-state index in [0.29, 0.717) is 38.1 Å². The van der Waals surface area contributed by atoms with Crippen molar-refractivity contribution in [3.05, 3.63) is 35.9 Å². The maximum atomic E-state index is 13.2. The third-order valence-corrected chi connectivity index (χ3v) is 6.02. The van der Waals surface area contributed by atoms with Crippen LogP contribution < -0.4 is 0 Å². The van der Waals surface area contributed by atoms with E-state index in [2.05, 4.69) is 0 Å². The maximum Gasteiger partial charge on any atom is 0.326 e. The predicted molar refractivity (Wildman–Crippen MR) is 106 cm³/mol. The van der Waals surface area contributed by atoms with Gasteiger partial charge in [0.2, 0.25) is 12.3 Å². The van der Waals surface area contributed by atoms with Gasteiger partial charge in [0.25, 0.3) is 0 Å². The minimum absolute atomic E-state index is 0.147. The van der Waals surface area contributed by atoms with Gasteiger partial charge in [-0.05, 0) is 30.7 Å². The number of carbonyl (C=O) groups is 3. The van der Waals surface area contributed by atoms with Crippen LogP contribution in [0.1, 0.15) is 50.5 Å². The van der Waals surface area contributed by atoms with Gasteiger partial charge in [0.05, 0.1) is 12.5 Å².